The van der Waals surface area contributed by atoms with Crippen LogP contribution in [0.4, 0.5) is 13.2 Å². The van der Waals surface area contributed by atoms with Crippen LogP contribution >= 0.6 is 0 Å². The summed E-state index contributed by atoms with van der Waals surface area (Å²) in [6.45, 7) is 6.18. The molecule has 0 bridgehead atoms. The topological polar surface area (TPSA) is 61.8 Å². The SMILES string of the molecule is CCCCCCCCOc1ccc(-c2ccc(C(=O)Oc3ccc(C(=O)O[C@H](C)[C@H](CCCCCC)C(F)(F)F)cc3)cc2)cc1. The van der Waals surface area contributed by atoms with Crippen LogP contribution < -0.4 is 9.47 Å². The first-order chi connectivity index (χ1) is 22.1. The summed E-state index contributed by atoms with van der Waals surface area (Å²) >= 11 is 0. The fraction of sp³-hybridized carbons (Fsp3) is 0.474. The van der Waals surface area contributed by atoms with Gasteiger partial charge in [-0.05, 0) is 79.4 Å². The Labute approximate surface area is 271 Å². The first kappa shape index (κ1) is 36.7. The molecule has 0 aliphatic carbocycles. The molecule has 3 aromatic carbocycles. The van der Waals surface area contributed by atoms with Crippen LogP contribution in [0, 0.1) is 5.92 Å². The standard InChI is InChI=1S/C38H47F3O5/c1-4-6-8-10-11-13-27-44-33-23-19-30(20-24-33)29-15-17-31(18-16-29)37(43)46-34-25-21-32(22-26-34)36(42)45-28(3)35(38(39,40)41)14-12-9-7-5-2/h15-26,28,35H,4-14,27H2,1-3H3/t28-,35+/m1/s1. The lowest BCUT2D eigenvalue weighted by Crippen LogP contribution is -2.35. The molecule has 0 aliphatic heterocycles. The number of carbonyl (C=O) groups is 2. The lowest BCUT2D eigenvalue weighted by molar-refractivity contribution is -0.199. The van der Waals surface area contributed by atoms with E-state index in [0.717, 1.165) is 36.1 Å². The Morgan fingerprint density at radius 2 is 1.11 bits per heavy atom. The number of alkyl halides is 3. The highest BCUT2D eigenvalue weighted by molar-refractivity contribution is 5.92. The number of hydrogen-bond donors (Lipinski definition) is 0. The van der Waals surface area contributed by atoms with Crippen molar-refractivity contribution in [2.45, 2.75) is 104 Å². The number of unbranched alkanes of at least 4 members (excludes halogenated alkanes) is 8. The summed E-state index contributed by atoms with van der Waals surface area (Å²) in [4.78, 5) is 25.3. The second-order valence-electron chi connectivity index (χ2n) is 11.7. The van der Waals surface area contributed by atoms with Crippen molar-refractivity contribution in [2.75, 3.05) is 6.61 Å². The van der Waals surface area contributed by atoms with Gasteiger partial charge >= 0.3 is 18.1 Å². The van der Waals surface area contributed by atoms with Crippen molar-refractivity contribution in [2.24, 2.45) is 5.92 Å². The van der Waals surface area contributed by atoms with Gasteiger partial charge < -0.3 is 14.2 Å². The maximum atomic E-state index is 13.6. The molecule has 0 radical (unpaired) electrons. The Bertz CT molecular complexity index is 1320. The monoisotopic (exact) mass is 640 g/mol. The van der Waals surface area contributed by atoms with E-state index in [0.29, 0.717) is 25.0 Å². The molecule has 8 heteroatoms. The van der Waals surface area contributed by atoms with Crippen LogP contribution in [0.3, 0.4) is 0 Å². The Hall–Kier alpha value is -3.81. The van der Waals surface area contributed by atoms with E-state index in [4.69, 9.17) is 14.2 Å². The van der Waals surface area contributed by atoms with Gasteiger partial charge in [0.1, 0.15) is 17.6 Å². The fourth-order valence-electron chi connectivity index (χ4n) is 5.21. The second-order valence-corrected chi connectivity index (χ2v) is 11.7. The zero-order valence-corrected chi connectivity index (χ0v) is 27.2. The van der Waals surface area contributed by atoms with Gasteiger partial charge in [0.25, 0.3) is 0 Å². The van der Waals surface area contributed by atoms with Gasteiger partial charge in [-0.3, -0.25) is 0 Å². The third kappa shape index (κ3) is 12.2. The summed E-state index contributed by atoms with van der Waals surface area (Å²) in [5.41, 5.74) is 2.34. The highest BCUT2D eigenvalue weighted by atomic mass is 19.4. The fourth-order valence-corrected chi connectivity index (χ4v) is 5.21. The molecule has 0 saturated carbocycles. The smallest absolute Gasteiger partial charge is 0.395 e. The average Bonchev–Trinajstić information content (AvgIpc) is 3.04. The van der Waals surface area contributed by atoms with E-state index >= 15 is 0 Å². The zero-order chi connectivity index (χ0) is 33.4. The molecule has 0 amide bonds. The van der Waals surface area contributed by atoms with E-state index in [2.05, 4.69) is 6.92 Å². The van der Waals surface area contributed by atoms with Crippen LogP contribution in [0.1, 0.15) is 112 Å². The molecule has 0 unspecified atom stereocenters. The van der Waals surface area contributed by atoms with Crippen LogP contribution in [0.2, 0.25) is 0 Å². The Morgan fingerprint density at radius 3 is 1.70 bits per heavy atom. The van der Waals surface area contributed by atoms with Crippen molar-refractivity contribution in [3.63, 3.8) is 0 Å². The van der Waals surface area contributed by atoms with E-state index in [-0.39, 0.29) is 17.7 Å². The molecule has 3 rings (SSSR count). The van der Waals surface area contributed by atoms with Gasteiger partial charge in [0.2, 0.25) is 0 Å². The number of carbonyl (C=O) groups excluding carboxylic acids is 2. The molecule has 3 aromatic rings. The maximum Gasteiger partial charge on any atom is 0.395 e. The van der Waals surface area contributed by atoms with E-state index in [9.17, 15) is 22.8 Å². The Kier molecular flexibility index (Phi) is 15.1. The minimum Gasteiger partial charge on any atom is -0.494 e. The van der Waals surface area contributed by atoms with Crippen LogP contribution in [0.15, 0.2) is 72.8 Å². The Morgan fingerprint density at radius 1 is 0.630 bits per heavy atom. The summed E-state index contributed by atoms with van der Waals surface area (Å²) in [5, 5.41) is 0. The molecule has 2 atom stereocenters. The van der Waals surface area contributed by atoms with Crippen molar-refractivity contribution in [1.82, 2.24) is 0 Å². The normalized spacial score (nSPS) is 12.7. The Balaban J connectivity index is 1.49. The van der Waals surface area contributed by atoms with E-state index in [1.54, 1.807) is 12.1 Å². The summed E-state index contributed by atoms with van der Waals surface area (Å²) in [6.07, 6.45) is 4.33. The molecule has 250 valence electrons. The van der Waals surface area contributed by atoms with Crippen molar-refractivity contribution in [3.8, 4) is 22.6 Å². The minimum atomic E-state index is -4.46. The van der Waals surface area contributed by atoms with Gasteiger partial charge in [-0.2, -0.15) is 13.2 Å². The third-order valence-corrected chi connectivity index (χ3v) is 8.02. The summed E-state index contributed by atoms with van der Waals surface area (Å²) in [6, 6.07) is 20.4. The molecule has 0 fully saturated rings. The van der Waals surface area contributed by atoms with Gasteiger partial charge in [0.15, 0.2) is 0 Å². The van der Waals surface area contributed by atoms with Crippen molar-refractivity contribution in [3.05, 3.63) is 83.9 Å². The lowest BCUT2D eigenvalue weighted by atomic mass is 9.95. The first-order valence-corrected chi connectivity index (χ1v) is 16.6. The van der Waals surface area contributed by atoms with Crippen molar-refractivity contribution < 1.29 is 37.0 Å². The molecule has 0 saturated heterocycles. The summed E-state index contributed by atoms with van der Waals surface area (Å²) < 4.78 is 57.3. The van der Waals surface area contributed by atoms with Crippen molar-refractivity contribution >= 4 is 11.9 Å². The molecule has 0 spiro atoms. The largest absolute Gasteiger partial charge is 0.494 e. The van der Waals surface area contributed by atoms with Crippen LogP contribution in [-0.2, 0) is 4.74 Å². The predicted molar refractivity (Wildman–Crippen MR) is 175 cm³/mol. The number of halogens is 3. The highest BCUT2D eigenvalue weighted by Crippen LogP contribution is 2.35. The van der Waals surface area contributed by atoms with Crippen LogP contribution in [0.25, 0.3) is 11.1 Å². The molecular weight excluding hydrogens is 593 g/mol. The van der Waals surface area contributed by atoms with Gasteiger partial charge in [0.05, 0.1) is 23.7 Å². The maximum absolute atomic E-state index is 13.6. The third-order valence-electron chi connectivity index (χ3n) is 8.02. The predicted octanol–water partition coefficient (Wildman–Crippen LogP) is 11.0. The van der Waals surface area contributed by atoms with E-state index < -0.39 is 30.1 Å². The molecule has 46 heavy (non-hydrogen) atoms. The quantitative estimate of drug-likeness (QED) is 0.0741. The summed E-state index contributed by atoms with van der Waals surface area (Å²) in [7, 11) is 0. The van der Waals surface area contributed by atoms with Gasteiger partial charge in [0, 0.05) is 0 Å². The average molecular weight is 641 g/mol. The minimum absolute atomic E-state index is 0.0711. The molecular formula is C38H47F3O5. The second kappa shape index (κ2) is 19.0. The van der Waals surface area contributed by atoms with E-state index in [1.165, 1.54) is 63.3 Å². The number of ether oxygens (including phenoxy) is 3. The highest BCUT2D eigenvalue weighted by Gasteiger charge is 2.44. The first-order valence-electron chi connectivity index (χ1n) is 16.6. The van der Waals surface area contributed by atoms with Gasteiger partial charge in [-0.25, -0.2) is 9.59 Å². The van der Waals surface area contributed by atoms with Crippen LogP contribution in [0.5, 0.6) is 11.5 Å². The van der Waals surface area contributed by atoms with Crippen molar-refractivity contribution in [1.29, 1.82) is 0 Å². The molecule has 0 N–H and O–H groups in total. The molecule has 0 aromatic heterocycles. The number of rotatable bonds is 19. The summed E-state index contributed by atoms with van der Waals surface area (Å²) in [5.74, 6) is -2.15. The van der Waals surface area contributed by atoms with E-state index in [1.807, 2.05) is 43.3 Å². The molecule has 5 nitrogen and oxygen atoms in total. The molecule has 0 heterocycles. The number of hydrogen-bond acceptors (Lipinski definition) is 5. The number of esters is 2. The number of benzene rings is 3. The van der Waals surface area contributed by atoms with Gasteiger partial charge in [-0.15, -0.1) is 0 Å². The zero-order valence-electron chi connectivity index (χ0n) is 27.2. The molecule has 0 aliphatic rings. The lowest BCUT2D eigenvalue weighted by Gasteiger charge is -2.26. The van der Waals surface area contributed by atoms with Crippen LogP contribution in [-0.4, -0.2) is 30.8 Å². The van der Waals surface area contributed by atoms with Gasteiger partial charge in [-0.1, -0.05) is 95.9 Å².